The fourth-order valence-electron chi connectivity index (χ4n) is 5.12. The Morgan fingerprint density at radius 1 is 1.12 bits per heavy atom. The lowest BCUT2D eigenvalue weighted by atomic mass is 9.77. The van der Waals surface area contributed by atoms with Crippen LogP contribution in [0.2, 0.25) is 0 Å². The number of imidazole rings is 1. The molecule has 2 aliphatic rings. The van der Waals surface area contributed by atoms with Gasteiger partial charge in [-0.25, -0.2) is 14.8 Å². The highest BCUT2D eigenvalue weighted by Crippen LogP contribution is 2.43. The van der Waals surface area contributed by atoms with Crippen molar-refractivity contribution in [3.05, 3.63) is 61.1 Å². The van der Waals surface area contributed by atoms with E-state index in [0.29, 0.717) is 30.0 Å². The highest BCUT2D eigenvalue weighted by atomic mass is 16.5. The molecule has 0 spiro atoms. The highest BCUT2D eigenvalue weighted by molar-refractivity contribution is 5.89. The average Bonchev–Trinajstić information content (AvgIpc) is 3.45. The summed E-state index contributed by atoms with van der Waals surface area (Å²) in [4.78, 5) is 27.8. The fourth-order valence-corrected chi connectivity index (χ4v) is 5.12. The minimum absolute atomic E-state index is 0.0720. The van der Waals surface area contributed by atoms with Crippen LogP contribution in [0.1, 0.15) is 24.7 Å². The summed E-state index contributed by atoms with van der Waals surface area (Å²) in [6.45, 7) is 3.44. The monoisotopic (exact) mass is 448 g/mol. The maximum atomic E-state index is 13.0. The standard InChI is InChI=1S/C24H28N6O3/c1-16-26-8-9-30(16)21-10-17-14-29(24(31)28-19-4-3-5-20(12-19)32-2)15-18(17)11-22(21)33-23-13-25-6-7-27-23/h3-9,12-13,17-18,21-22H,10-11,14-15H2,1-2H3,(H,28,31)/t17-,18+,21-,22-/m0/s1. The largest absolute Gasteiger partial charge is 0.497 e. The molecule has 1 saturated carbocycles. The third-order valence-corrected chi connectivity index (χ3v) is 6.72. The summed E-state index contributed by atoms with van der Waals surface area (Å²) < 4.78 is 13.8. The van der Waals surface area contributed by atoms with Gasteiger partial charge in [0.15, 0.2) is 0 Å². The first kappa shape index (κ1) is 21.2. The number of nitrogens with one attached hydrogen (secondary N) is 1. The van der Waals surface area contributed by atoms with Crippen molar-refractivity contribution >= 4 is 11.7 Å². The normalized spacial score (nSPS) is 24.2. The van der Waals surface area contributed by atoms with Crippen LogP contribution in [0, 0.1) is 18.8 Å². The van der Waals surface area contributed by atoms with E-state index < -0.39 is 0 Å². The van der Waals surface area contributed by atoms with Gasteiger partial charge in [0.25, 0.3) is 0 Å². The Balaban J connectivity index is 1.31. The second-order valence-corrected chi connectivity index (χ2v) is 8.71. The second-order valence-electron chi connectivity index (χ2n) is 8.71. The van der Waals surface area contributed by atoms with Crippen LogP contribution >= 0.6 is 0 Å². The van der Waals surface area contributed by atoms with Gasteiger partial charge in [0.2, 0.25) is 5.88 Å². The molecule has 3 aromatic rings. The summed E-state index contributed by atoms with van der Waals surface area (Å²) in [6.07, 6.45) is 10.4. The van der Waals surface area contributed by atoms with Crippen molar-refractivity contribution in [1.82, 2.24) is 24.4 Å². The average molecular weight is 449 g/mol. The quantitative estimate of drug-likeness (QED) is 0.642. The van der Waals surface area contributed by atoms with Crippen LogP contribution in [-0.2, 0) is 0 Å². The molecule has 33 heavy (non-hydrogen) atoms. The minimum Gasteiger partial charge on any atom is -0.497 e. The first-order valence-electron chi connectivity index (χ1n) is 11.2. The molecule has 1 aromatic carbocycles. The maximum Gasteiger partial charge on any atom is 0.321 e. The summed E-state index contributed by atoms with van der Waals surface area (Å²) in [6, 6.07) is 7.45. The molecule has 0 radical (unpaired) electrons. The van der Waals surface area contributed by atoms with E-state index in [-0.39, 0.29) is 18.2 Å². The number of hydrogen-bond acceptors (Lipinski definition) is 6. The van der Waals surface area contributed by atoms with E-state index >= 15 is 0 Å². The summed E-state index contributed by atoms with van der Waals surface area (Å²) in [5, 5.41) is 3.01. The Kier molecular flexibility index (Phi) is 5.85. The molecule has 2 amide bonds. The Bertz CT molecular complexity index is 1100. The van der Waals surface area contributed by atoms with Gasteiger partial charge in [-0.3, -0.25) is 4.98 Å². The van der Waals surface area contributed by atoms with Crippen LogP contribution in [-0.4, -0.2) is 56.8 Å². The number of ether oxygens (including phenoxy) is 2. The number of hydrogen-bond donors (Lipinski definition) is 1. The predicted molar refractivity (Wildman–Crippen MR) is 122 cm³/mol. The molecule has 2 fully saturated rings. The number of aromatic nitrogens is 4. The maximum absolute atomic E-state index is 13.0. The van der Waals surface area contributed by atoms with Gasteiger partial charge in [0.05, 0.1) is 19.3 Å². The predicted octanol–water partition coefficient (Wildman–Crippen LogP) is 3.55. The topological polar surface area (TPSA) is 94.4 Å². The van der Waals surface area contributed by atoms with E-state index in [9.17, 15) is 4.79 Å². The molecule has 1 aliphatic carbocycles. The van der Waals surface area contributed by atoms with Crippen LogP contribution in [0.15, 0.2) is 55.2 Å². The van der Waals surface area contributed by atoms with Gasteiger partial charge in [0.1, 0.15) is 17.7 Å². The molecular formula is C24H28N6O3. The van der Waals surface area contributed by atoms with Gasteiger partial charge in [-0.2, -0.15) is 0 Å². The van der Waals surface area contributed by atoms with Crippen LogP contribution in [0.25, 0.3) is 0 Å². The van der Waals surface area contributed by atoms with E-state index in [1.54, 1.807) is 25.7 Å². The summed E-state index contributed by atoms with van der Waals surface area (Å²) in [7, 11) is 1.62. The third-order valence-electron chi connectivity index (χ3n) is 6.72. The number of methoxy groups -OCH3 is 1. The van der Waals surface area contributed by atoms with E-state index in [2.05, 4.69) is 24.8 Å². The van der Waals surface area contributed by atoms with E-state index in [4.69, 9.17) is 9.47 Å². The van der Waals surface area contributed by atoms with Crippen LogP contribution in [0.5, 0.6) is 11.6 Å². The smallest absolute Gasteiger partial charge is 0.321 e. The number of likely N-dealkylation sites (tertiary alicyclic amines) is 1. The summed E-state index contributed by atoms with van der Waals surface area (Å²) in [5.41, 5.74) is 0.727. The number of carbonyl (C=O) groups excluding carboxylic acids is 1. The number of aryl methyl sites for hydroxylation is 1. The van der Waals surface area contributed by atoms with Crippen LogP contribution in [0.4, 0.5) is 10.5 Å². The lowest BCUT2D eigenvalue weighted by Crippen LogP contribution is -2.40. The lowest BCUT2D eigenvalue weighted by molar-refractivity contribution is 0.0501. The van der Waals surface area contributed by atoms with E-state index in [0.717, 1.165) is 30.9 Å². The molecule has 0 unspecified atom stereocenters. The molecule has 4 atom stereocenters. The first-order chi connectivity index (χ1) is 16.1. The Hall–Kier alpha value is -3.62. The van der Waals surface area contributed by atoms with Crippen molar-refractivity contribution in [2.45, 2.75) is 31.9 Å². The lowest BCUT2D eigenvalue weighted by Gasteiger charge is -2.38. The van der Waals surface area contributed by atoms with Crippen molar-refractivity contribution in [2.75, 3.05) is 25.5 Å². The van der Waals surface area contributed by atoms with Crippen molar-refractivity contribution in [3.8, 4) is 11.6 Å². The van der Waals surface area contributed by atoms with Gasteiger partial charge >= 0.3 is 6.03 Å². The third kappa shape index (κ3) is 4.48. The zero-order chi connectivity index (χ0) is 22.8. The van der Waals surface area contributed by atoms with Crippen LogP contribution in [0.3, 0.4) is 0 Å². The molecule has 3 heterocycles. The van der Waals surface area contributed by atoms with Crippen molar-refractivity contribution in [3.63, 3.8) is 0 Å². The number of urea groups is 1. The van der Waals surface area contributed by atoms with E-state index in [1.807, 2.05) is 48.5 Å². The van der Waals surface area contributed by atoms with E-state index in [1.165, 1.54) is 0 Å². The summed E-state index contributed by atoms with van der Waals surface area (Å²) >= 11 is 0. The van der Waals surface area contributed by atoms with Crippen molar-refractivity contribution in [1.29, 1.82) is 0 Å². The molecule has 0 bridgehead atoms. The minimum atomic E-state index is -0.0839. The fraction of sp³-hybridized carbons (Fsp3) is 0.417. The Morgan fingerprint density at radius 2 is 1.97 bits per heavy atom. The molecule has 2 aromatic heterocycles. The number of nitrogens with zero attached hydrogens (tertiary/aromatic N) is 5. The zero-order valence-electron chi connectivity index (χ0n) is 18.8. The second kappa shape index (κ2) is 9.09. The zero-order valence-corrected chi connectivity index (χ0v) is 18.8. The van der Waals surface area contributed by atoms with Gasteiger partial charge in [-0.05, 0) is 43.7 Å². The number of benzene rings is 1. The number of rotatable bonds is 5. The molecule has 9 nitrogen and oxygen atoms in total. The Labute approximate surface area is 192 Å². The molecule has 172 valence electrons. The van der Waals surface area contributed by atoms with Gasteiger partial charge in [0, 0.05) is 49.6 Å². The molecule has 5 rings (SSSR count). The highest BCUT2D eigenvalue weighted by Gasteiger charge is 2.45. The number of fused-ring (bicyclic) bond motifs is 1. The van der Waals surface area contributed by atoms with Gasteiger partial charge in [-0.1, -0.05) is 6.07 Å². The molecular weight excluding hydrogens is 420 g/mol. The van der Waals surface area contributed by atoms with Crippen molar-refractivity contribution < 1.29 is 14.3 Å². The Morgan fingerprint density at radius 3 is 2.70 bits per heavy atom. The molecule has 1 saturated heterocycles. The van der Waals surface area contributed by atoms with Crippen LogP contribution < -0.4 is 14.8 Å². The summed E-state index contributed by atoms with van der Waals surface area (Å²) in [5.74, 6) is 2.95. The number of amides is 2. The number of carbonyl (C=O) groups is 1. The van der Waals surface area contributed by atoms with Crippen molar-refractivity contribution in [2.24, 2.45) is 11.8 Å². The SMILES string of the molecule is COc1cccc(NC(=O)N2C[C@H]3C[C@H](Oc4cnccn4)[C@@H](n4ccnc4C)C[C@H]3C2)c1. The molecule has 1 N–H and O–H groups in total. The first-order valence-corrected chi connectivity index (χ1v) is 11.2. The number of anilines is 1. The van der Waals surface area contributed by atoms with Gasteiger partial charge in [-0.15, -0.1) is 0 Å². The van der Waals surface area contributed by atoms with Gasteiger partial charge < -0.3 is 24.3 Å². The molecule has 9 heteroatoms. The molecule has 1 aliphatic heterocycles.